The van der Waals surface area contributed by atoms with Crippen molar-refractivity contribution in [2.75, 3.05) is 13.2 Å². The third-order valence-corrected chi connectivity index (χ3v) is 20.4. The van der Waals surface area contributed by atoms with E-state index in [1.165, 1.54) is 30.2 Å². The highest BCUT2D eigenvalue weighted by atomic mass is 28.4. The van der Waals surface area contributed by atoms with Crippen LogP contribution in [0, 0.1) is 37.5 Å². The first-order valence-electron chi connectivity index (χ1n) is 19.3. The molecular weight excluding hydrogens is 669 g/mol. The van der Waals surface area contributed by atoms with E-state index in [9.17, 15) is 0 Å². The lowest BCUT2D eigenvalue weighted by Crippen LogP contribution is -2.40. The van der Waals surface area contributed by atoms with Crippen LogP contribution in [0.15, 0.2) is 21.8 Å². The number of hydrogen-bond acceptors (Lipinski definition) is 3. The molecule has 0 saturated heterocycles. The predicted molar refractivity (Wildman–Crippen MR) is 223 cm³/mol. The molecule has 0 fully saturated rings. The fourth-order valence-corrected chi connectivity index (χ4v) is 7.98. The molecule has 0 spiro atoms. The number of hydrogen-bond donors (Lipinski definition) is 0. The monoisotopic (exact) mass is 738 g/mol. The Morgan fingerprint density at radius 1 is 0.765 bits per heavy atom. The van der Waals surface area contributed by atoms with E-state index in [2.05, 4.69) is 98.3 Å². The minimum atomic E-state index is -2.70. The summed E-state index contributed by atoms with van der Waals surface area (Å²) in [5.41, 5.74) is 6.85. The van der Waals surface area contributed by atoms with Crippen molar-refractivity contribution in [3.8, 4) is 23.7 Å². The van der Waals surface area contributed by atoms with Gasteiger partial charge in [0.15, 0.2) is 16.6 Å². The van der Waals surface area contributed by atoms with E-state index in [-0.39, 0.29) is 10.1 Å². The van der Waals surface area contributed by atoms with E-state index in [0.717, 1.165) is 53.0 Å². The van der Waals surface area contributed by atoms with Crippen molar-refractivity contribution in [3.63, 3.8) is 0 Å². The van der Waals surface area contributed by atoms with Gasteiger partial charge in [-0.3, -0.25) is 13.6 Å². The van der Waals surface area contributed by atoms with Crippen molar-refractivity contribution in [3.05, 3.63) is 39.4 Å². The van der Waals surface area contributed by atoms with Crippen LogP contribution in [0.4, 0.5) is 8.63 Å². The lowest BCUT2D eigenvalue weighted by Gasteiger charge is -2.35. The molecule has 1 aliphatic rings. The first-order chi connectivity index (χ1) is 23.6. The van der Waals surface area contributed by atoms with Crippen molar-refractivity contribution in [2.24, 2.45) is 4.99 Å². The van der Waals surface area contributed by atoms with E-state index in [0.29, 0.717) is 49.4 Å². The van der Waals surface area contributed by atoms with Crippen LogP contribution in [0.1, 0.15) is 149 Å². The van der Waals surface area contributed by atoms with Crippen LogP contribution in [0.25, 0.3) is 5.57 Å². The normalized spacial score (nSPS) is 15.0. The van der Waals surface area contributed by atoms with E-state index in [1.54, 1.807) is 6.92 Å². The van der Waals surface area contributed by atoms with Gasteiger partial charge in [-0.25, -0.2) is 0 Å². The number of aromatic nitrogens is 1. The van der Waals surface area contributed by atoms with Crippen LogP contribution in [-0.4, -0.2) is 47.4 Å². The zero-order valence-electron chi connectivity index (χ0n) is 35.0. The third kappa shape index (κ3) is 12.2. The molecule has 284 valence electrons. The Morgan fingerprint density at radius 2 is 1.25 bits per heavy atom. The van der Waals surface area contributed by atoms with E-state index < -0.39 is 24.0 Å². The molecule has 2 heterocycles. The lowest BCUT2D eigenvalue weighted by molar-refractivity contribution is 0.296. The number of aliphatic imine (C=N–C) groups is 1. The van der Waals surface area contributed by atoms with Crippen LogP contribution in [0.3, 0.4) is 0 Å². The highest BCUT2D eigenvalue weighted by molar-refractivity contribution is 6.74. The molecule has 0 unspecified atom stereocenters. The van der Waals surface area contributed by atoms with E-state index >= 15 is 8.63 Å². The van der Waals surface area contributed by atoms with E-state index in [1.807, 2.05) is 20.8 Å². The minimum absolute atomic E-state index is 0.120. The summed E-state index contributed by atoms with van der Waals surface area (Å²) in [5, 5.41) is 0.269. The number of allylic oxidation sites excluding steroid dienone is 3. The molecule has 1 aromatic heterocycles. The van der Waals surface area contributed by atoms with Crippen molar-refractivity contribution in [1.29, 1.82) is 0 Å². The van der Waals surface area contributed by atoms with Gasteiger partial charge in [-0.2, -0.15) is 0 Å². The first kappa shape index (κ1) is 45.0. The number of unbranched alkanes of at least 4 members (excludes halogenated alkanes) is 6. The second-order valence-corrected chi connectivity index (χ2v) is 26.9. The summed E-state index contributed by atoms with van der Waals surface area (Å²) in [6.07, 6.45) is 9.90. The summed E-state index contributed by atoms with van der Waals surface area (Å²) in [6.45, 7) is 33.5. The molecule has 0 saturated carbocycles. The summed E-state index contributed by atoms with van der Waals surface area (Å²) >= 11 is 0. The average molecular weight is 739 g/mol. The SMILES string of the molecule is CCCCCCCCC/C(=C1/N=C(C)C(C#CCCO[Si](C)(C)C(C)(C)C)=C1C)c1c(C)c(C#CCCO[Si](C)(C)C(C)(C)C)c(C)n1B(F)F. The Labute approximate surface area is 314 Å². The predicted octanol–water partition coefficient (Wildman–Crippen LogP) is 12.7. The van der Waals surface area contributed by atoms with Crippen LogP contribution in [-0.2, 0) is 8.85 Å². The quantitative estimate of drug-likeness (QED) is 0.0962. The Morgan fingerprint density at radius 3 is 1.75 bits per heavy atom. The second-order valence-electron chi connectivity index (χ2n) is 17.3. The van der Waals surface area contributed by atoms with Crippen LogP contribution in [0.5, 0.6) is 0 Å². The molecule has 51 heavy (non-hydrogen) atoms. The first-order valence-corrected chi connectivity index (χ1v) is 25.2. The fourth-order valence-electron chi connectivity index (χ4n) is 5.89. The standard InChI is InChI=1S/C42H69BF2N2O2Si2/c1-16-17-18-19-20-21-22-29-38(39-32(2)36(34(4)46-39)27-23-25-30-48-50(12,13)41(6,7)8)40-33(3)37(35(5)47(40)43(44)45)28-24-26-31-49-51(14,15)42(9,10)11/h16-22,25-26,29-31H2,1-15H3/b39-38-. The van der Waals surface area contributed by atoms with Gasteiger partial charge in [0.1, 0.15) is 0 Å². The highest BCUT2D eigenvalue weighted by Gasteiger charge is 2.38. The highest BCUT2D eigenvalue weighted by Crippen LogP contribution is 2.40. The summed E-state index contributed by atoms with van der Waals surface area (Å²) in [7, 11) is -6.43. The summed E-state index contributed by atoms with van der Waals surface area (Å²) < 4.78 is 43.9. The topological polar surface area (TPSA) is 35.8 Å². The zero-order valence-corrected chi connectivity index (χ0v) is 37.0. The van der Waals surface area contributed by atoms with Gasteiger partial charge in [0, 0.05) is 48.6 Å². The number of halogens is 2. The number of rotatable bonds is 16. The Balaban J connectivity index is 2.54. The maximum Gasteiger partial charge on any atom is 0.677 e. The van der Waals surface area contributed by atoms with Gasteiger partial charge in [-0.1, -0.05) is 111 Å². The van der Waals surface area contributed by atoms with Crippen molar-refractivity contribution >= 4 is 35.3 Å². The molecular formula is C42H69BF2N2O2Si2. The molecule has 0 aromatic carbocycles. The second kappa shape index (κ2) is 19.2. The van der Waals surface area contributed by atoms with Crippen molar-refractivity contribution in [1.82, 2.24) is 4.48 Å². The molecule has 0 atom stereocenters. The molecule has 1 aromatic rings. The minimum Gasteiger partial charge on any atom is -0.416 e. The number of nitrogens with zero attached hydrogens (tertiary/aromatic N) is 2. The average Bonchev–Trinajstić information content (AvgIpc) is 3.43. The van der Waals surface area contributed by atoms with Crippen LogP contribution < -0.4 is 0 Å². The molecule has 0 aliphatic carbocycles. The van der Waals surface area contributed by atoms with Gasteiger partial charge in [0.05, 0.1) is 17.0 Å². The largest absolute Gasteiger partial charge is 0.677 e. The van der Waals surface area contributed by atoms with Gasteiger partial charge in [0.2, 0.25) is 0 Å². The van der Waals surface area contributed by atoms with Crippen LogP contribution >= 0.6 is 0 Å². The Bertz CT molecular complexity index is 1570. The zero-order chi connectivity index (χ0) is 38.8. The molecule has 0 bridgehead atoms. The summed E-state index contributed by atoms with van der Waals surface area (Å²) in [6, 6.07) is 0. The van der Waals surface area contributed by atoms with Crippen LogP contribution in [0.2, 0.25) is 36.3 Å². The molecule has 1 aliphatic heterocycles. The molecule has 2 rings (SSSR count). The van der Waals surface area contributed by atoms with Crippen molar-refractivity contribution < 1.29 is 17.5 Å². The van der Waals surface area contributed by atoms with Gasteiger partial charge in [0.25, 0.3) is 0 Å². The maximum absolute atomic E-state index is 15.0. The molecule has 0 amide bonds. The van der Waals surface area contributed by atoms with Gasteiger partial charge in [-0.15, -0.1) is 0 Å². The Kier molecular flexibility index (Phi) is 17.0. The maximum atomic E-state index is 15.0. The lowest BCUT2D eigenvalue weighted by atomic mass is 9.94. The smallest absolute Gasteiger partial charge is 0.416 e. The van der Waals surface area contributed by atoms with Crippen molar-refractivity contribution in [2.45, 2.75) is 177 Å². The molecule has 9 heteroatoms. The molecule has 0 N–H and O–H groups in total. The Hall–Kier alpha value is -2.17. The van der Waals surface area contributed by atoms with Gasteiger partial charge < -0.3 is 13.3 Å². The third-order valence-electron chi connectivity index (χ3n) is 11.3. The fraction of sp³-hybridized carbons (Fsp3) is 0.690. The summed E-state index contributed by atoms with van der Waals surface area (Å²) in [4.78, 5) is 5.04. The summed E-state index contributed by atoms with van der Waals surface area (Å²) in [5.74, 6) is 13.2. The van der Waals surface area contributed by atoms with Gasteiger partial charge >= 0.3 is 7.40 Å². The van der Waals surface area contributed by atoms with E-state index in [4.69, 9.17) is 13.8 Å². The molecule has 0 radical (unpaired) electrons. The molecule has 4 nitrogen and oxygen atoms in total. The van der Waals surface area contributed by atoms with Gasteiger partial charge in [-0.05, 0) is 87.9 Å².